The summed E-state index contributed by atoms with van der Waals surface area (Å²) in [7, 11) is 0. The van der Waals surface area contributed by atoms with E-state index >= 15 is 0 Å². The second-order valence-electron chi connectivity index (χ2n) is 4.96. The molecule has 0 heterocycles. The molecule has 0 fully saturated rings. The van der Waals surface area contributed by atoms with Gasteiger partial charge in [0, 0.05) is 12.5 Å². The van der Waals surface area contributed by atoms with Gasteiger partial charge in [0.1, 0.15) is 0 Å². The number of carboxylic acids is 1. The van der Waals surface area contributed by atoms with Gasteiger partial charge in [-0.05, 0) is 19.3 Å². The molecule has 17 heavy (non-hydrogen) atoms. The fraction of sp³-hybridized carbons (Fsp3) is 0.929. The molecule has 0 aliphatic rings. The molecule has 0 spiro atoms. The molecule has 0 aliphatic heterocycles. The van der Waals surface area contributed by atoms with E-state index in [9.17, 15) is 4.79 Å². The van der Waals surface area contributed by atoms with E-state index < -0.39 is 5.97 Å². The minimum absolute atomic E-state index is 0.321. The van der Waals surface area contributed by atoms with Crippen LogP contribution in [-0.2, 0) is 4.79 Å². The molecule has 3 N–H and O–H groups in total. The molecule has 0 aromatic carbocycles. The molecular formula is C14H29NO2. The predicted octanol–water partition coefficient (Wildman–Crippen LogP) is 3.71. The maximum Gasteiger partial charge on any atom is 0.303 e. The Labute approximate surface area is 106 Å². The summed E-state index contributed by atoms with van der Waals surface area (Å²) in [6, 6.07) is 0.391. The van der Waals surface area contributed by atoms with Crippen LogP contribution in [0, 0.1) is 0 Å². The van der Waals surface area contributed by atoms with Crippen molar-refractivity contribution in [2.45, 2.75) is 83.6 Å². The fourth-order valence-electron chi connectivity index (χ4n) is 2.00. The van der Waals surface area contributed by atoms with Crippen molar-refractivity contribution in [3.8, 4) is 0 Å². The van der Waals surface area contributed by atoms with E-state index in [1.54, 1.807) is 0 Å². The normalized spacial score (nSPS) is 12.6. The minimum Gasteiger partial charge on any atom is -0.481 e. The van der Waals surface area contributed by atoms with Crippen molar-refractivity contribution in [3.05, 3.63) is 0 Å². The summed E-state index contributed by atoms with van der Waals surface area (Å²) in [6.07, 6.45) is 11.8. The van der Waals surface area contributed by atoms with Gasteiger partial charge in [-0.3, -0.25) is 4.79 Å². The SMILES string of the molecule is CCCCC(N)CCCCCCCCC(=O)O. The predicted molar refractivity (Wildman–Crippen MR) is 72.1 cm³/mol. The van der Waals surface area contributed by atoms with Gasteiger partial charge in [-0.2, -0.15) is 0 Å². The Hall–Kier alpha value is -0.570. The molecule has 0 aromatic heterocycles. The summed E-state index contributed by atoms with van der Waals surface area (Å²) < 4.78 is 0. The topological polar surface area (TPSA) is 63.3 Å². The maximum absolute atomic E-state index is 10.3. The molecular weight excluding hydrogens is 214 g/mol. The van der Waals surface area contributed by atoms with Crippen molar-refractivity contribution < 1.29 is 9.90 Å². The number of hydrogen-bond donors (Lipinski definition) is 2. The number of aliphatic carboxylic acids is 1. The molecule has 0 aliphatic carbocycles. The van der Waals surface area contributed by atoms with E-state index in [2.05, 4.69) is 6.92 Å². The molecule has 3 heteroatoms. The summed E-state index contributed by atoms with van der Waals surface area (Å²) in [5, 5.41) is 8.47. The second-order valence-corrected chi connectivity index (χ2v) is 4.96. The van der Waals surface area contributed by atoms with Gasteiger partial charge >= 0.3 is 5.97 Å². The third-order valence-corrected chi connectivity index (χ3v) is 3.14. The van der Waals surface area contributed by atoms with Crippen molar-refractivity contribution in [2.75, 3.05) is 0 Å². The summed E-state index contributed by atoms with van der Waals surface area (Å²) in [5.74, 6) is -0.674. The van der Waals surface area contributed by atoms with Gasteiger partial charge in [0.2, 0.25) is 0 Å². The smallest absolute Gasteiger partial charge is 0.303 e. The van der Waals surface area contributed by atoms with Gasteiger partial charge in [0.25, 0.3) is 0 Å². The lowest BCUT2D eigenvalue weighted by molar-refractivity contribution is -0.137. The zero-order valence-corrected chi connectivity index (χ0v) is 11.3. The highest BCUT2D eigenvalue weighted by Crippen LogP contribution is 2.11. The zero-order chi connectivity index (χ0) is 12.9. The molecule has 3 nitrogen and oxygen atoms in total. The molecule has 0 bridgehead atoms. The van der Waals surface area contributed by atoms with Gasteiger partial charge in [0.15, 0.2) is 0 Å². The van der Waals surface area contributed by atoms with E-state index in [1.165, 1.54) is 32.1 Å². The molecule has 0 amide bonds. The quantitative estimate of drug-likeness (QED) is 0.514. The highest BCUT2D eigenvalue weighted by molar-refractivity contribution is 5.66. The highest BCUT2D eigenvalue weighted by Gasteiger charge is 2.01. The Kier molecular flexibility index (Phi) is 11.5. The number of rotatable bonds is 12. The van der Waals surface area contributed by atoms with Crippen molar-refractivity contribution in [1.29, 1.82) is 0 Å². The van der Waals surface area contributed by atoms with Crippen LogP contribution in [0.15, 0.2) is 0 Å². The fourth-order valence-corrected chi connectivity index (χ4v) is 2.00. The van der Waals surface area contributed by atoms with Crippen molar-refractivity contribution >= 4 is 5.97 Å². The van der Waals surface area contributed by atoms with Crippen LogP contribution >= 0.6 is 0 Å². The standard InChI is InChI=1S/C14H29NO2/c1-2-3-10-13(15)11-8-6-4-5-7-9-12-14(16)17/h13H,2-12,15H2,1H3,(H,16,17). The number of nitrogens with two attached hydrogens (primary N) is 1. The molecule has 1 unspecified atom stereocenters. The van der Waals surface area contributed by atoms with Gasteiger partial charge in [-0.1, -0.05) is 51.9 Å². The lowest BCUT2D eigenvalue weighted by atomic mass is 10.0. The second kappa shape index (κ2) is 11.9. The molecule has 0 rings (SSSR count). The van der Waals surface area contributed by atoms with Gasteiger partial charge in [-0.15, -0.1) is 0 Å². The summed E-state index contributed by atoms with van der Waals surface area (Å²) in [4.78, 5) is 10.3. The average molecular weight is 243 g/mol. The van der Waals surface area contributed by atoms with Gasteiger partial charge < -0.3 is 10.8 Å². The molecule has 1 atom stereocenters. The lowest BCUT2D eigenvalue weighted by Gasteiger charge is -2.10. The Morgan fingerprint density at radius 3 is 2.12 bits per heavy atom. The summed E-state index contributed by atoms with van der Waals surface area (Å²) in [6.45, 7) is 2.20. The molecule has 0 saturated heterocycles. The number of unbranched alkanes of at least 4 members (excludes halogenated alkanes) is 6. The number of hydrogen-bond acceptors (Lipinski definition) is 2. The maximum atomic E-state index is 10.3. The Bertz CT molecular complexity index is 183. The van der Waals surface area contributed by atoms with Crippen LogP contribution in [0.4, 0.5) is 0 Å². The largest absolute Gasteiger partial charge is 0.481 e. The summed E-state index contributed by atoms with van der Waals surface area (Å²) >= 11 is 0. The van der Waals surface area contributed by atoms with E-state index in [-0.39, 0.29) is 0 Å². The van der Waals surface area contributed by atoms with E-state index in [1.807, 2.05) is 0 Å². The third kappa shape index (κ3) is 13.4. The lowest BCUT2D eigenvalue weighted by Crippen LogP contribution is -2.19. The van der Waals surface area contributed by atoms with Crippen LogP contribution in [0.25, 0.3) is 0 Å². The van der Waals surface area contributed by atoms with E-state index in [4.69, 9.17) is 10.8 Å². The minimum atomic E-state index is -0.674. The molecule has 0 saturated carbocycles. The van der Waals surface area contributed by atoms with Crippen LogP contribution in [0.2, 0.25) is 0 Å². The zero-order valence-electron chi connectivity index (χ0n) is 11.3. The average Bonchev–Trinajstić information content (AvgIpc) is 2.29. The Morgan fingerprint density at radius 1 is 1.00 bits per heavy atom. The molecule has 0 aromatic rings. The highest BCUT2D eigenvalue weighted by atomic mass is 16.4. The monoisotopic (exact) mass is 243 g/mol. The summed E-state index contributed by atoms with van der Waals surface area (Å²) in [5.41, 5.74) is 5.99. The molecule has 0 radical (unpaired) electrons. The first-order valence-electron chi connectivity index (χ1n) is 7.14. The van der Waals surface area contributed by atoms with Crippen molar-refractivity contribution in [3.63, 3.8) is 0 Å². The molecule has 102 valence electrons. The van der Waals surface area contributed by atoms with E-state index in [0.717, 1.165) is 32.1 Å². The third-order valence-electron chi connectivity index (χ3n) is 3.14. The van der Waals surface area contributed by atoms with Crippen molar-refractivity contribution in [1.82, 2.24) is 0 Å². The Balaban J connectivity index is 3.10. The Morgan fingerprint density at radius 2 is 1.53 bits per heavy atom. The first-order valence-corrected chi connectivity index (χ1v) is 7.14. The van der Waals surface area contributed by atoms with Crippen molar-refractivity contribution in [2.24, 2.45) is 5.73 Å². The van der Waals surface area contributed by atoms with Gasteiger partial charge in [0.05, 0.1) is 0 Å². The number of carboxylic acid groups (broad SMARTS) is 1. The van der Waals surface area contributed by atoms with Crippen LogP contribution in [0.3, 0.4) is 0 Å². The van der Waals surface area contributed by atoms with Gasteiger partial charge in [-0.25, -0.2) is 0 Å². The van der Waals surface area contributed by atoms with E-state index in [0.29, 0.717) is 12.5 Å². The number of carbonyl (C=O) groups is 1. The van der Waals surface area contributed by atoms with Crippen LogP contribution in [0.5, 0.6) is 0 Å². The van der Waals surface area contributed by atoms with Crippen LogP contribution in [-0.4, -0.2) is 17.1 Å². The first kappa shape index (κ1) is 16.4. The first-order chi connectivity index (χ1) is 8.16. The van der Waals surface area contributed by atoms with Crippen LogP contribution in [0.1, 0.15) is 77.6 Å². The van der Waals surface area contributed by atoms with Crippen LogP contribution < -0.4 is 5.73 Å².